The molecule has 42 heavy (non-hydrogen) atoms. The molecular weight excluding hydrogens is 552 g/mol. The van der Waals surface area contributed by atoms with Gasteiger partial charge in [0.15, 0.2) is 0 Å². The zero-order chi connectivity index (χ0) is 30.2. The predicted molar refractivity (Wildman–Crippen MR) is 168 cm³/mol. The molecule has 0 aliphatic heterocycles. The van der Waals surface area contributed by atoms with E-state index in [1.807, 2.05) is 44.2 Å². The van der Waals surface area contributed by atoms with Gasteiger partial charge in [0, 0.05) is 39.5 Å². The molecular formula is C33H31ClN4O4. The number of benzene rings is 4. The zero-order valence-corrected chi connectivity index (χ0v) is 24.7. The molecule has 1 atom stereocenters. The number of hydrogen-bond acceptors (Lipinski definition) is 5. The van der Waals surface area contributed by atoms with Crippen LogP contribution in [-0.4, -0.2) is 24.3 Å². The highest BCUT2D eigenvalue weighted by atomic mass is 35.5. The molecule has 0 spiro atoms. The molecule has 1 unspecified atom stereocenters. The van der Waals surface area contributed by atoms with Gasteiger partial charge in [0.05, 0.1) is 27.7 Å². The van der Waals surface area contributed by atoms with Crippen LogP contribution in [-0.2, 0) is 12.6 Å². The highest BCUT2D eigenvalue weighted by Gasteiger charge is 2.24. The summed E-state index contributed by atoms with van der Waals surface area (Å²) in [5, 5.41) is 23.4. The van der Waals surface area contributed by atoms with Crippen LogP contribution >= 0.6 is 11.6 Å². The summed E-state index contributed by atoms with van der Waals surface area (Å²) in [6, 6.07) is 18.1. The van der Waals surface area contributed by atoms with E-state index in [0.29, 0.717) is 54.9 Å². The molecule has 0 bridgehead atoms. The van der Waals surface area contributed by atoms with Gasteiger partial charge in [0.25, 0.3) is 5.56 Å². The molecule has 0 saturated heterocycles. The van der Waals surface area contributed by atoms with E-state index in [1.165, 1.54) is 9.13 Å². The Morgan fingerprint density at radius 1 is 1.00 bits per heavy atom. The van der Waals surface area contributed by atoms with Crippen LogP contribution in [0.3, 0.4) is 0 Å². The van der Waals surface area contributed by atoms with Gasteiger partial charge < -0.3 is 20.9 Å². The largest absolute Gasteiger partial charge is 0.386 e. The Balaban J connectivity index is 1.70. The third kappa shape index (κ3) is 4.10. The number of para-hydroxylation sites is 1. The minimum Gasteiger partial charge on any atom is -0.386 e. The van der Waals surface area contributed by atoms with Crippen LogP contribution in [0.5, 0.6) is 0 Å². The summed E-state index contributed by atoms with van der Waals surface area (Å²) in [7, 11) is 1.66. The number of fused-ring (bicyclic) bond motifs is 4. The van der Waals surface area contributed by atoms with E-state index in [9.17, 15) is 19.8 Å². The van der Waals surface area contributed by atoms with Gasteiger partial charge in [0.2, 0.25) is 0 Å². The minimum atomic E-state index is -1.30. The molecule has 0 aliphatic carbocycles. The van der Waals surface area contributed by atoms with Gasteiger partial charge in [-0.15, -0.1) is 0 Å². The average Bonchev–Trinajstić information content (AvgIpc) is 3.30. The lowest BCUT2D eigenvalue weighted by Crippen LogP contribution is -2.38. The van der Waals surface area contributed by atoms with Crippen LogP contribution < -0.4 is 17.0 Å². The Kier molecular flexibility index (Phi) is 6.44. The molecule has 8 nitrogen and oxygen atoms in total. The second kappa shape index (κ2) is 9.68. The number of H-pyrrole nitrogens is 1. The molecule has 0 radical (unpaired) electrons. The van der Waals surface area contributed by atoms with Crippen molar-refractivity contribution in [1.29, 1.82) is 0 Å². The van der Waals surface area contributed by atoms with E-state index in [0.717, 1.165) is 21.9 Å². The normalized spacial score (nSPS) is 13.0. The summed E-state index contributed by atoms with van der Waals surface area (Å²) in [6.07, 6.45) is -1.30. The van der Waals surface area contributed by atoms with Crippen molar-refractivity contribution in [2.75, 3.05) is 0 Å². The third-order valence-electron chi connectivity index (χ3n) is 8.18. The second-order valence-electron chi connectivity index (χ2n) is 11.4. The number of aliphatic hydroxyl groups is 2. The number of aliphatic hydroxyl groups excluding tert-OH is 1. The Morgan fingerprint density at radius 2 is 1.71 bits per heavy atom. The first-order chi connectivity index (χ1) is 19.8. The molecule has 0 aliphatic rings. The Labute approximate surface area is 246 Å². The van der Waals surface area contributed by atoms with E-state index in [4.69, 9.17) is 17.3 Å². The van der Waals surface area contributed by atoms with Gasteiger partial charge in [0.1, 0.15) is 6.23 Å². The fraction of sp³-hybridized carbons (Fsp3) is 0.212. The summed E-state index contributed by atoms with van der Waals surface area (Å²) < 4.78 is 2.70. The number of nitrogens with two attached hydrogens (primary N) is 1. The molecule has 9 heteroatoms. The van der Waals surface area contributed by atoms with E-state index in [1.54, 1.807) is 51.2 Å². The lowest BCUT2D eigenvalue weighted by molar-refractivity contribution is 0.0787. The minimum absolute atomic E-state index is 0.351. The monoisotopic (exact) mass is 582 g/mol. The van der Waals surface area contributed by atoms with Gasteiger partial charge >= 0.3 is 5.69 Å². The average molecular weight is 583 g/mol. The molecule has 4 aromatic carbocycles. The molecule has 5 N–H and O–H groups in total. The van der Waals surface area contributed by atoms with Crippen LogP contribution in [0.2, 0.25) is 5.02 Å². The Bertz CT molecular complexity index is 2200. The smallest absolute Gasteiger partial charge is 0.335 e. The van der Waals surface area contributed by atoms with Crippen molar-refractivity contribution in [2.45, 2.75) is 39.5 Å². The first kappa shape index (κ1) is 27.9. The number of rotatable bonds is 4. The number of aromatic nitrogens is 3. The van der Waals surface area contributed by atoms with Crippen LogP contribution in [0.4, 0.5) is 0 Å². The first-order valence-electron chi connectivity index (χ1n) is 13.6. The maximum Gasteiger partial charge on any atom is 0.335 e. The van der Waals surface area contributed by atoms with E-state index in [2.05, 4.69) is 4.98 Å². The van der Waals surface area contributed by atoms with Gasteiger partial charge in [-0.1, -0.05) is 48.0 Å². The maximum absolute atomic E-state index is 13.8. The van der Waals surface area contributed by atoms with Crippen LogP contribution in [0.15, 0.2) is 70.3 Å². The van der Waals surface area contributed by atoms with Gasteiger partial charge in [-0.2, -0.15) is 0 Å². The number of nitrogens with zero attached hydrogens (tertiary/aromatic N) is 2. The summed E-state index contributed by atoms with van der Waals surface area (Å²) in [6.45, 7) is 7.15. The number of halogens is 1. The standard InChI is InChI=1S/C33H31ClN4O4/c1-16-8-6-10-21-29(16)37(5)32(41)38(31(21)40)25-11-7-9-19(17(25)2)26-23(34)15-22(30(35)39)28-27(26)20-13-12-18(33(3,4)42)14-24(20)36-28/h6-15,30,36,39,42H,35H2,1-5H3. The van der Waals surface area contributed by atoms with Gasteiger partial charge in [-0.05, 0) is 74.2 Å². The third-order valence-corrected chi connectivity index (χ3v) is 8.48. The molecule has 214 valence electrons. The maximum atomic E-state index is 13.8. The van der Waals surface area contributed by atoms with Crippen molar-refractivity contribution in [3.05, 3.63) is 109 Å². The number of aryl methyl sites for hydroxylation is 2. The van der Waals surface area contributed by atoms with Crippen molar-refractivity contribution in [2.24, 2.45) is 12.8 Å². The van der Waals surface area contributed by atoms with Crippen molar-refractivity contribution < 1.29 is 10.2 Å². The fourth-order valence-electron chi connectivity index (χ4n) is 6.03. The van der Waals surface area contributed by atoms with Gasteiger partial charge in [-0.25, -0.2) is 9.36 Å². The van der Waals surface area contributed by atoms with Crippen molar-refractivity contribution in [3.63, 3.8) is 0 Å². The topological polar surface area (TPSA) is 126 Å². The Hall–Kier alpha value is -4.21. The SMILES string of the molecule is Cc1c(-c2c(Cl)cc(C(N)O)c3[nH]c4cc(C(C)(C)O)ccc4c23)cccc1-n1c(=O)c2cccc(C)c2n(C)c1=O. The molecule has 0 amide bonds. The molecule has 2 aromatic heterocycles. The van der Waals surface area contributed by atoms with Crippen LogP contribution in [0, 0.1) is 13.8 Å². The molecule has 6 aromatic rings. The van der Waals surface area contributed by atoms with E-state index in [-0.39, 0.29) is 0 Å². The number of hydrogen-bond donors (Lipinski definition) is 4. The summed E-state index contributed by atoms with van der Waals surface area (Å²) in [5.74, 6) is 0. The Morgan fingerprint density at radius 3 is 2.40 bits per heavy atom. The molecule has 0 saturated carbocycles. The highest BCUT2D eigenvalue weighted by molar-refractivity contribution is 6.36. The highest BCUT2D eigenvalue weighted by Crippen LogP contribution is 2.44. The fourth-order valence-corrected chi connectivity index (χ4v) is 6.34. The van der Waals surface area contributed by atoms with Crippen molar-refractivity contribution >= 4 is 44.3 Å². The summed E-state index contributed by atoms with van der Waals surface area (Å²) in [5.41, 5.74) is 10.4. The van der Waals surface area contributed by atoms with Gasteiger partial charge in [-0.3, -0.25) is 9.36 Å². The first-order valence-corrected chi connectivity index (χ1v) is 13.9. The summed E-state index contributed by atoms with van der Waals surface area (Å²) >= 11 is 6.95. The van der Waals surface area contributed by atoms with E-state index >= 15 is 0 Å². The summed E-state index contributed by atoms with van der Waals surface area (Å²) in [4.78, 5) is 30.8. The molecule has 2 heterocycles. The molecule has 6 rings (SSSR count). The van der Waals surface area contributed by atoms with Crippen molar-refractivity contribution in [1.82, 2.24) is 14.1 Å². The quantitative estimate of drug-likeness (QED) is 0.206. The van der Waals surface area contributed by atoms with E-state index < -0.39 is 23.1 Å². The van der Waals surface area contributed by atoms with Crippen molar-refractivity contribution in [3.8, 4) is 16.8 Å². The number of nitrogens with one attached hydrogen (secondary N) is 1. The van der Waals surface area contributed by atoms with Crippen LogP contribution in [0.25, 0.3) is 49.5 Å². The van der Waals surface area contributed by atoms with Crippen LogP contribution in [0.1, 0.15) is 42.3 Å². The second-order valence-corrected chi connectivity index (χ2v) is 11.8. The molecule has 0 fully saturated rings. The lowest BCUT2D eigenvalue weighted by Gasteiger charge is -2.19. The number of aromatic amines is 1. The zero-order valence-electron chi connectivity index (χ0n) is 23.9. The predicted octanol–water partition coefficient (Wildman–Crippen LogP) is 5.44. The lowest BCUT2D eigenvalue weighted by atomic mass is 9.92.